The van der Waals surface area contributed by atoms with E-state index in [9.17, 15) is 13.2 Å². The summed E-state index contributed by atoms with van der Waals surface area (Å²) in [7, 11) is -3.55. The highest BCUT2D eigenvalue weighted by Gasteiger charge is 2.15. The molecule has 0 spiro atoms. The number of rotatable bonds is 9. The minimum atomic E-state index is -3.55. The summed E-state index contributed by atoms with van der Waals surface area (Å²) in [5, 5.41) is 3.70. The maximum Gasteiger partial charge on any atom is 0.258 e. The van der Waals surface area contributed by atoms with Crippen LogP contribution in [0.3, 0.4) is 0 Å². The second kappa shape index (κ2) is 10.1. The van der Waals surface area contributed by atoms with Gasteiger partial charge in [-0.15, -0.1) is 0 Å². The van der Waals surface area contributed by atoms with Gasteiger partial charge in [-0.05, 0) is 54.8 Å². The van der Waals surface area contributed by atoms with Crippen molar-refractivity contribution in [2.45, 2.75) is 31.7 Å². The molecule has 0 radical (unpaired) electrons. The Balaban J connectivity index is 1.92. The summed E-state index contributed by atoms with van der Waals surface area (Å²) in [5.74, 6) is 0.112. The first-order chi connectivity index (χ1) is 13.2. The number of nitrogens with one attached hydrogen (secondary N) is 2. The first-order valence-corrected chi connectivity index (χ1v) is 10.9. The molecule has 0 bridgehead atoms. The molecule has 2 aromatic carbocycles. The van der Waals surface area contributed by atoms with E-state index in [1.165, 1.54) is 12.1 Å². The molecular weight excluding hydrogens is 423 g/mol. The van der Waals surface area contributed by atoms with Crippen molar-refractivity contribution >= 4 is 39.1 Å². The number of hydrogen-bond acceptors (Lipinski definition) is 4. The maximum atomic E-state index is 12.2. The van der Waals surface area contributed by atoms with Gasteiger partial charge in [0.05, 0.1) is 4.90 Å². The molecule has 0 heterocycles. The second-order valence-electron chi connectivity index (χ2n) is 6.13. The zero-order valence-electron chi connectivity index (χ0n) is 15.6. The summed E-state index contributed by atoms with van der Waals surface area (Å²) in [6.45, 7) is 4.03. The molecule has 28 heavy (non-hydrogen) atoms. The van der Waals surface area contributed by atoms with Crippen LogP contribution in [0.1, 0.15) is 24.5 Å². The highest BCUT2D eigenvalue weighted by Crippen LogP contribution is 2.22. The van der Waals surface area contributed by atoms with Gasteiger partial charge in [0.1, 0.15) is 5.75 Å². The number of carbonyl (C=O) groups is 1. The summed E-state index contributed by atoms with van der Waals surface area (Å²) in [5.41, 5.74) is 1.36. The minimum absolute atomic E-state index is 0.160. The van der Waals surface area contributed by atoms with Crippen LogP contribution in [-0.4, -0.2) is 27.5 Å². The van der Waals surface area contributed by atoms with Crippen molar-refractivity contribution < 1.29 is 17.9 Å². The van der Waals surface area contributed by atoms with Crippen molar-refractivity contribution in [2.75, 3.05) is 13.2 Å². The zero-order chi connectivity index (χ0) is 20.7. The van der Waals surface area contributed by atoms with Gasteiger partial charge in [0.15, 0.2) is 6.61 Å². The number of benzene rings is 2. The lowest BCUT2D eigenvalue weighted by molar-refractivity contribution is -0.123. The van der Waals surface area contributed by atoms with Crippen LogP contribution in [0.5, 0.6) is 5.75 Å². The van der Waals surface area contributed by atoms with Crippen LogP contribution in [0.15, 0.2) is 41.3 Å². The third kappa shape index (κ3) is 6.38. The van der Waals surface area contributed by atoms with Gasteiger partial charge in [0.2, 0.25) is 10.0 Å². The van der Waals surface area contributed by atoms with Crippen molar-refractivity contribution in [2.24, 2.45) is 0 Å². The maximum absolute atomic E-state index is 12.2. The van der Waals surface area contributed by atoms with Crippen molar-refractivity contribution in [3.63, 3.8) is 0 Å². The number of amides is 1. The van der Waals surface area contributed by atoms with Crippen LogP contribution in [0, 0.1) is 6.92 Å². The van der Waals surface area contributed by atoms with Gasteiger partial charge >= 0.3 is 0 Å². The molecule has 1 amide bonds. The van der Waals surface area contributed by atoms with Crippen molar-refractivity contribution in [3.05, 3.63) is 57.6 Å². The summed E-state index contributed by atoms with van der Waals surface area (Å²) in [4.78, 5) is 12.2. The average Bonchev–Trinajstić information content (AvgIpc) is 2.64. The first kappa shape index (κ1) is 22.5. The van der Waals surface area contributed by atoms with E-state index in [-0.39, 0.29) is 24.0 Å². The molecule has 0 aliphatic rings. The van der Waals surface area contributed by atoms with Gasteiger partial charge in [-0.2, -0.15) is 0 Å². The standard InChI is InChI=1S/C19H22Cl2N2O4S/c1-3-8-23-28(25,26)16-6-7-18(13(2)9-16)27-12-19(24)22-11-14-4-5-15(20)10-17(14)21/h4-7,9-10,23H,3,8,11-12H2,1-2H3,(H,22,24). The largest absolute Gasteiger partial charge is 0.484 e. The van der Waals surface area contributed by atoms with Crippen LogP contribution < -0.4 is 14.8 Å². The number of aryl methyl sites for hydroxylation is 1. The Morgan fingerprint density at radius 3 is 2.54 bits per heavy atom. The third-order valence-corrected chi connectivity index (χ3v) is 5.89. The smallest absolute Gasteiger partial charge is 0.258 e. The molecule has 0 saturated carbocycles. The summed E-state index contributed by atoms with van der Waals surface area (Å²) >= 11 is 11.9. The number of hydrogen-bond donors (Lipinski definition) is 2. The molecular formula is C19H22Cl2N2O4S. The third-order valence-electron chi connectivity index (χ3n) is 3.85. The molecule has 0 fully saturated rings. The van der Waals surface area contributed by atoms with Crippen LogP contribution in [0.25, 0.3) is 0 Å². The molecule has 152 valence electrons. The molecule has 0 aliphatic heterocycles. The minimum Gasteiger partial charge on any atom is -0.484 e. The second-order valence-corrected chi connectivity index (χ2v) is 8.74. The highest BCUT2D eigenvalue weighted by molar-refractivity contribution is 7.89. The Morgan fingerprint density at radius 2 is 1.89 bits per heavy atom. The van der Waals surface area contributed by atoms with E-state index < -0.39 is 10.0 Å². The van der Waals surface area contributed by atoms with Gasteiger partial charge in [0.25, 0.3) is 5.91 Å². The van der Waals surface area contributed by atoms with Crippen molar-refractivity contribution in [1.82, 2.24) is 10.0 Å². The van der Waals surface area contributed by atoms with Crippen molar-refractivity contribution in [1.29, 1.82) is 0 Å². The molecule has 6 nitrogen and oxygen atoms in total. The zero-order valence-corrected chi connectivity index (χ0v) is 17.9. The fraction of sp³-hybridized carbons (Fsp3) is 0.316. The van der Waals surface area contributed by atoms with Gasteiger partial charge < -0.3 is 10.1 Å². The van der Waals surface area contributed by atoms with Crippen LogP contribution in [0.4, 0.5) is 0 Å². The molecule has 2 N–H and O–H groups in total. The van der Waals surface area contributed by atoms with E-state index in [0.717, 1.165) is 5.56 Å². The molecule has 0 saturated heterocycles. The molecule has 9 heteroatoms. The number of halogens is 2. The molecule has 0 unspecified atom stereocenters. The van der Waals surface area contributed by atoms with E-state index in [0.29, 0.717) is 34.3 Å². The quantitative estimate of drug-likeness (QED) is 0.617. The SMILES string of the molecule is CCCNS(=O)(=O)c1ccc(OCC(=O)NCc2ccc(Cl)cc2Cl)c(C)c1. The number of carbonyl (C=O) groups excluding carboxylic acids is 1. The summed E-state index contributed by atoms with van der Waals surface area (Å²) < 4.78 is 32.3. The van der Waals surface area contributed by atoms with Crippen LogP contribution in [0.2, 0.25) is 10.0 Å². The van der Waals surface area contributed by atoms with Gasteiger partial charge in [-0.3, -0.25) is 4.79 Å². The molecule has 2 aromatic rings. The fourth-order valence-electron chi connectivity index (χ4n) is 2.32. The Bertz CT molecular complexity index is 949. The van der Waals surface area contributed by atoms with E-state index in [1.807, 2.05) is 6.92 Å². The fourth-order valence-corrected chi connectivity index (χ4v) is 4.02. The molecule has 0 atom stereocenters. The van der Waals surface area contributed by atoms with Gasteiger partial charge in [0, 0.05) is 23.1 Å². The predicted molar refractivity (Wildman–Crippen MR) is 110 cm³/mol. The lowest BCUT2D eigenvalue weighted by Gasteiger charge is -2.12. The van der Waals surface area contributed by atoms with Gasteiger partial charge in [-0.25, -0.2) is 13.1 Å². The molecule has 2 rings (SSSR count). The van der Waals surface area contributed by atoms with Gasteiger partial charge in [-0.1, -0.05) is 36.2 Å². The normalized spacial score (nSPS) is 11.3. The van der Waals surface area contributed by atoms with Crippen molar-refractivity contribution in [3.8, 4) is 5.75 Å². The Kier molecular flexibility index (Phi) is 8.12. The number of sulfonamides is 1. The lowest BCUT2D eigenvalue weighted by Crippen LogP contribution is -2.28. The van der Waals surface area contributed by atoms with Crippen LogP contribution >= 0.6 is 23.2 Å². The lowest BCUT2D eigenvalue weighted by atomic mass is 10.2. The summed E-state index contributed by atoms with van der Waals surface area (Å²) in [6.07, 6.45) is 0.704. The number of ether oxygens (including phenoxy) is 1. The van der Waals surface area contributed by atoms with E-state index in [4.69, 9.17) is 27.9 Å². The van der Waals surface area contributed by atoms with Crippen LogP contribution in [-0.2, 0) is 21.4 Å². The van der Waals surface area contributed by atoms with E-state index in [1.54, 1.807) is 31.2 Å². The Hall–Kier alpha value is -1.80. The monoisotopic (exact) mass is 444 g/mol. The Morgan fingerprint density at radius 1 is 1.14 bits per heavy atom. The first-order valence-electron chi connectivity index (χ1n) is 8.66. The van der Waals surface area contributed by atoms with E-state index in [2.05, 4.69) is 10.0 Å². The average molecular weight is 445 g/mol. The topological polar surface area (TPSA) is 84.5 Å². The highest BCUT2D eigenvalue weighted by atomic mass is 35.5. The Labute approximate surface area is 175 Å². The molecule has 0 aliphatic carbocycles. The molecule has 0 aromatic heterocycles. The summed E-state index contributed by atoms with van der Waals surface area (Å²) in [6, 6.07) is 9.54. The van der Waals surface area contributed by atoms with E-state index >= 15 is 0 Å². The predicted octanol–water partition coefficient (Wildman–Crippen LogP) is 3.69.